The molecule has 3 nitrogen and oxygen atoms in total. The lowest BCUT2D eigenvalue weighted by molar-refractivity contribution is 0.577. The van der Waals surface area contributed by atoms with Crippen molar-refractivity contribution < 1.29 is 0 Å². The minimum atomic E-state index is 0.225. The van der Waals surface area contributed by atoms with Gasteiger partial charge in [0.2, 0.25) is 0 Å². The Morgan fingerprint density at radius 3 is 2.81 bits per heavy atom. The number of hydrogen-bond donors (Lipinski definition) is 2. The predicted molar refractivity (Wildman–Crippen MR) is 91.6 cm³/mol. The van der Waals surface area contributed by atoms with Gasteiger partial charge in [0.05, 0.1) is 0 Å². The Morgan fingerprint density at radius 2 is 2.10 bits per heavy atom. The van der Waals surface area contributed by atoms with Gasteiger partial charge in [-0.2, -0.15) is 0 Å². The van der Waals surface area contributed by atoms with Crippen LogP contribution in [0.1, 0.15) is 30.5 Å². The van der Waals surface area contributed by atoms with Crippen molar-refractivity contribution in [2.24, 2.45) is 0 Å². The molecule has 2 aromatic rings. The van der Waals surface area contributed by atoms with Crippen molar-refractivity contribution in [3.05, 3.63) is 53.9 Å². The van der Waals surface area contributed by atoms with Crippen molar-refractivity contribution in [1.29, 1.82) is 0 Å². The summed E-state index contributed by atoms with van der Waals surface area (Å²) in [5.41, 5.74) is 9.32. The van der Waals surface area contributed by atoms with Gasteiger partial charge in [-0.1, -0.05) is 25.1 Å². The van der Waals surface area contributed by atoms with Crippen LogP contribution in [0, 0.1) is 6.92 Å². The summed E-state index contributed by atoms with van der Waals surface area (Å²) in [6.45, 7) is 5.30. The molecular weight excluding hydrogens is 278 g/mol. The minimum Gasteiger partial charge on any atom is -0.398 e. The van der Waals surface area contributed by atoms with E-state index in [0.717, 1.165) is 30.0 Å². The molecule has 1 atom stereocenters. The molecule has 4 heteroatoms. The van der Waals surface area contributed by atoms with Gasteiger partial charge in [-0.25, -0.2) is 0 Å². The third-order valence-electron chi connectivity index (χ3n) is 3.40. The summed E-state index contributed by atoms with van der Waals surface area (Å²) in [4.78, 5) is 5.54. The Morgan fingerprint density at radius 1 is 1.29 bits per heavy atom. The Balaban J connectivity index is 2.10. The van der Waals surface area contributed by atoms with Gasteiger partial charge in [0.1, 0.15) is 0 Å². The van der Waals surface area contributed by atoms with Crippen LogP contribution in [0.4, 0.5) is 5.69 Å². The predicted octanol–water partition coefficient (Wildman–Crippen LogP) is 3.81. The van der Waals surface area contributed by atoms with E-state index >= 15 is 0 Å². The first-order chi connectivity index (χ1) is 10.2. The largest absolute Gasteiger partial charge is 0.398 e. The van der Waals surface area contributed by atoms with E-state index in [-0.39, 0.29) is 6.04 Å². The van der Waals surface area contributed by atoms with Crippen molar-refractivity contribution in [3.8, 4) is 0 Å². The molecule has 0 fully saturated rings. The number of nitrogen functional groups attached to an aromatic ring is 1. The lowest BCUT2D eigenvalue weighted by Crippen LogP contribution is -2.25. The van der Waals surface area contributed by atoms with Crippen LogP contribution < -0.4 is 11.1 Å². The van der Waals surface area contributed by atoms with Crippen LogP contribution in [0.3, 0.4) is 0 Å². The summed E-state index contributed by atoms with van der Waals surface area (Å²) >= 11 is 1.86. The van der Waals surface area contributed by atoms with Gasteiger partial charge < -0.3 is 11.1 Å². The third kappa shape index (κ3) is 4.48. The molecular formula is C17H23N3S. The van der Waals surface area contributed by atoms with Crippen LogP contribution in [0.15, 0.2) is 47.6 Å². The number of nitrogens with zero attached hydrogens (tertiary/aromatic N) is 1. The molecule has 0 saturated carbocycles. The fourth-order valence-corrected chi connectivity index (χ4v) is 3.29. The van der Waals surface area contributed by atoms with Crippen LogP contribution in [-0.2, 0) is 0 Å². The summed E-state index contributed by atoms with van der Waals surface area (Å²) in [6.07, 6.45) is 4.72. The van der Waals surface area contributed by atoms with Crippen LogP contribution in [0.2, 0.25) is 0 Å². The zero-order chi connectivity index (χ0) is 15.1. The highest BCUT2D eigenvalue weighted by molar-refractivity contribution is 7.99. The Bertz CT molecular complexity index is 571. The van der Waals surface area contributed by atoms with Gasteiger partial charge in [0.25, 0.3) is 0 Å². The molecule has 0 radical (unpaired) electrons. The zero-order valence-corrected chi connectivity index (χ0v) is 13.5. The first-order valence-corrected chi connectivity index (χ1v) is 8.32. The summed E-state index contributed by atoms with van der Waals surface area (Å²) in [7, 11) is 0. The summed E-state index contributed by atoms with van der Waals surface area (Å²) in [5.74, 6) is 0.945. The fraction of sp³-hybridized carbons (Fsp3) is 0.353. The van der Waals surface area contributed by atoms with Crippen LogP contribution >= 0.6 is 11.8 Å². The molecule has 0 aliphatic rings. The normalized spacial score (nSPS) is 12.3. The fourth-order valence-electron chi connectivity index (χ4n) is 2.18. The highest BCUT2D eigenvalue weighted by atomic mass is 32.2. The maximum Gasteiger partial charge on any atom is 0.0451 e. The molecule has 21 heavy (non-hydrogen) atoms. The highest BCUT2D eigenvalue weighted by Gasteiger charge is 2.14. The van der Waals surface area contributed by atoms with Crippen LogP contribution in [0.25, 0.3) is 0 Å². The average molecular weight is 301 g/mol. The first kappa shape index (κ1) is 15.9. The van der Waals surface area contributed by atoms with Gasteiger partial charge in [0, 0.05) is 40.3 Å². The number of hydrogen-bond acceptors (Lipinski definition) is 4. The minimum absolute atomic E-state index is 0.225. The van der Waals surface area contributed by atoms with E-state index in [1.807, 2.05) is 24.0 Å². The Kier molecular flexibility index (Phi) is 6.08. The second-order valence-electron chi connectivity index (χ2n) is 5.09. The zero-order valence-electron chi connectivity index (χ0n) is 12.7. The van der Waals surface area contributed by atoms with Crippen molar-refractivity contribution >= 4 is 17.4 Å². The molecule has 1 aromatic carbocycles. The monoisotopic (exact) mass is 301 g/mol. The molecule has 0 aliphatic heterocycles. The van der Waals surface area contributed by atoms with Crippen molar-refractivity contribution in [2.75, 3.05) is 18.0 Å². The van der Waals surface area contributed by atoms with E-state index < -0.39 is 0 Å². The number of nitrogens with two attached hydrogens (primary N) is 1. The molecule has 3 N–H and O–H groups in total. The van der Waals surface area contributed by atoms with E-state index in [2.05, 4.69) is 48.4 Å². The summed E-state index contributed by atoms with van der Waals surface area (Å²) in [6, 6.07) is 10.6. The molecule has 0 bridgehead atoms. The van der Waals surface area contributed by atoms with Crippen molar-refractivity contribution in [3.63, 3.8) is 0 Å². The topological polar surface area (TPSA) is 50.9 Å². The lowest BCUT2D eigenvalue weighted by atomic mass is 10.1. The number of rotatable bonds is 7. The number of aromatic nitrogens is 1. The molecule has 0 saturated heterocycles. The van der Waals surface area contributed by atoms with Crippen molar-refractivity contribution in [2.45, 2.75) is 31.2 Å². The van der Waals surface area contributed by atoms with Gasteiger partial charge in [0.15, 0.2) is 0 Å². The van der Waals surface area contributed by atoms with Gasteiger partial charge in [-0.3, -0.25) is 4.98 Å². The highest BCUT2D eigenvalue weighted by Crippen LogP contribution is 2.28. The summed E-state index contributed by atoms with van der Waals surface area (Å²) < 4.78 is 0. The number of thioether (sulfide) groups is 1. The molecule has 0 spiro atoms. The lowest BCUT2D eigenvalue weighted by Gasteiger charge is -2.20. The SMILES string of the molecule is CCCNC(CSc1ccccc1C)c1cnccc1N. The number of pyridine rings is 1. The molecule has 2 rings (SSSR count). The number of anilines is 1. The second-order valence-corrected chi connectivity index (χ2v) is 6.15. The molecule has 1 unspecified atom stereocenters. The number of benzene rings is 1. The quantitative estimate of drug-likeness (QED) is 0.764. The van der Waals surface area contributed by atoms with Gasteiger partial charge in [-0.15, -0.1) is 11.8 Å². The van der Waals surface area contributed by atoms with Crippen LogP contribution in [0.5, 0.6) is 0 Å². The first-order valence-electron chi connectivity index (χ1n) is 7.33. The number of nitrogens with one attached hydrogen (secondary N) is 1. The van der Waals surface area contributed by atoms with Crippen LogP contribution in [-0.4, -0.2) is 17.3 Å². The maximum absolute atomic E-state index is 6.10. The molecule has 112 valence electrons. The smallest absolute Gasteiger partial charge is 0.0451 e. The molecule has 1 aromatic heterocycles. The Hall–Kier alpha value is -1.52. The Labute approximate surface area is 131 Å². The van der Waals surface area contributed by atoms with E-state index in [1.165, 1.54) is 10.5 Å². The second kappa shape index (κ2) is 8.05. The average Bonchev–Trinajstić information content (AvgIpc) is 2.50. The molecule has 0 aliphatic carbocycles. The summed E-state index contributed by atoms with van der Waals surface area (Å²) in [5, 5.41) is 3.58. The van der Waals surface area contributed by atoms with Gasteiger partial charge in [-0.05, 0) is 37.6 Å². The van der Waals surface area contributed by atoms with E-state index in [4.69, 9.17) is 5.73 Å². The molecule has 1 heterocycles. The van der Waals surface area contributed by atoms with E-state index in [0.29, 0.717) is 0 Å². The standard InChI is InChI=1S/C17H23N3S/c1-3-9-20-16(14-11-19-10-8-15(14)18)12-21-17-7-5-4-6-13(17)2/h4-8,10-11,16,20H,3,9,12H2,1-2H3,(H2,18,19). The van der Waals surface area contributed by atoms with E-state index in [9.17, 15) is 0 Å². The third-order valence-corrected chi connectivity index (χ3v) is 4.67. The number of aryl methyl sites for hydroxylation is 1. The van der Waals surface area contributed by atoms with Gasteiger partial charge >= 0.3 is 0 Å². The van der Waals surface area contributed by atoms with E-state index in [1.54, 1.807) is 6.20 Å². The maximum atomic E-state index is 6.10. The van der Waals surface area contributed by atoms with Crippen molar-refractivity contribution in [1.82, 2.24) is 10.3 Å². The molecule has 0 amide bonds.